The van der Waals surface area contributed by atoms with Crippen molar-refractivity contribution in [2.45, 2.75) is 44.9 Å². The van der Waals surface area contributed by atoms with Crippen LogP contribution in [0.4, 0.5) is 0 Å². The molecule has 0 aromatic heterocycles. The van der Waals surface area contributed by atoms with E-state index >= 15 is 0 Å². The number of rotatable bonds is 4. The van der Waals surface area contributed by atoms with Gasteiger partial charge < -0.3 is 14.8 Å². The van der Waals surface area contributed by atoms with Crippen LogP contribution in [-0.4, -0.2) is 25.7 Å². The third-order valence-corrected chi connectivity index (χ3v) is 5.98. The lowest BCUT2D eigenvalue weighted by Crippen LogP contribution is -2.47. The zero-order valence-electron chi connectivity index (χ0n) is 12.6. The van der Waals surface area contributed by atoms with Crippen molar-refractivity contribution in [3.63, 3.8) is 0 Å². The van der Waals surface area contributed by atoms with Gasteiger partial charge in [0.1, 0.15) is 19.5 Å². The fraction of sp³-hybridized carbons (Fsp3) is 0.824. The maximum atomic E-state index is 12.0. The molecule has 4 nitrogen and oxygen atoms in total. The molecule has 4 aliphatic carbocycles. The highest BCUT2D eigenvalue weighted by atomic mass is 16.6. The van der Waals surface area contributed by atoms with Gasteiger partial charge >= 0.3 is 0 Å². The van der Waals surface area contributed by atoms with Gasteiger partial charge in [0, 0.05) is 6.54 Å². The van der Waals surface area contributed by atoms with E-state index in [2.05, 4.69) is 5.32 Å². The van der Waals surface area contributed by atoms with Crippen LogP contribution in [0.3, 0.4) is 0 Å². The molecule has 0 unspecified atom stereocenters. The van der Waals surface area contributed by atoms with E-state index in [9.17, 15) is 4.79 Å². The lowest BCUT2D eigenvalue weighted by Gasteiger charge is -2.57. The Hall–Kier alpha value is -1.19. The molecule has 21 heavy (non-hydrogen) atoms. The van der Waals surface area contributed by atoms with E-state index in [0.717, 1.165) is 30.7 Å². The summed E-state index contributed by atoms with van der Waals surface area (Å²) in [5.74, 6) is 3.13. The van der Waals surface area contributed by atoms with Crippen molar-refractivity contribution >= 4 is 5.91 Å². The number of amides is 1. The van der Waals surface area contributed by atoms with Gasteiger partial charge in [0.15, 0.2) is 0 Å². The Morgan fingerprint density at radius 2 is 1.81 bits per heavy atom. The second-order valence-corrected chi connectivity index (χ2v) is 7.62. The molecular weight excluding hydrogens is 266 g/mol. The molecule has 0 atom stereocenters. The Balaban J connectivity index is 1.31. The maximum absolute atomic E-state index is 12.0. The van der Waals surface area contributed by atoms with Crippen LogP contribution in [0.5, 0.6) is 0 Å². The molecular formula is C17H25NO3. The molecule has 1 amide bonds. The summed E-state index contributed by atoms with van der Waals surface area (Å²) in [5.41, 5.74) is 0.528. The molecule has 1 aliphatic heterocycles. The monoisotopic (exact) mass is 291 g/mol. The molecule has 4 fully saturated rings. The number of carbonyl (C=O) groups is 1. The third-order valence-electron chi connectivity index (χ3n) is 5.98. The summed E-state index contributed by atoms with van der Waals surface area (Å²) in [6.45, 7) is 1.77. The molecule has 5 aliphatic rings. The van der Waals surface area contributed by atoms with Gasteiger partial charge in [-0.3, -0.25) is 4.79 Å². The lowest BCUT2D eigenvalue weighted by atomic mass is 9.49. The summed E-state index contributed by atoms with van der Waals surface area (Å²) < 4.78 is 10.4. The third kappa shape index (κ3) is 2.65. The largest absolute Gasteiger partial charge is 0.494 e. The number of hydrogen-bond acceptors (Lipinski definition) is 3. The van der Waals surface area contributed by atoms with E-state index in [1.165, 1.54) is 44.8 Å². The van der Waals surface area contributed by atoms with Crippen molar-refractivity contribution < 1.29 is 14.3 Å². The van der Waals surface area contributed by atoms with E-state index in [-0.39, 0.29) is 5.91 Å². The van der Waals surface area contributed by atoms with Crippen LogP contribution >= 0.6 is 0 Å². The van der Waals surface area contributed by atoms with Crippen LogP contribution < -0.4 is 5.32 Å². The summed E-state index contributed by atoms with van der Waals surface area (Å²) in [7, 11) is 0. The summed E-state index contributed by atoms with van der Waals surface area (Å²) in [6, 6.07) is 0. The molecule has 4 heteroatoms. The van der Waals surface area contributed by atoms with Crippen molar-refractivity contribution in [1.82, 2.24) is 5.32 Å². The predicted molar refractivity (Wildman–Crippen MR) is 78.2 cm³/mol. The van der Waals surface area contributed by atoms with Crippen molar-refractivity contribution in [3.05, 3.63) is 12.0 Å². The Kier molecular flexibility index (Phi) is 3.35. The number of ether oxygens (including phenoxy) is 2. The summed E-state index contributed by atoms with van der Waals surface area (Å²) in [4.78, 5) is 12.0. The average molecular weight is 291 g/mol. The van der Waals surface area contributed by atoms with E-state index in [1.807, 2.05) is 0 Å². The summed E-state index contributed by atoms with van der Waals surface area (Å²) >= 11 is 0. The van der Waals surface area contributed by atoms with Crippen molar-refractivity contribution in [2.24, 2.45) is 23.2 Å². The SMILES string of the molecule is O=C(NCCC12CC3CC(CC(C3)C1)C2)C1=COCCO1. The van der Waals surface area contributed by atoms with Crippen LogP contribution in [0.15, 0.2) is 12.0 Å². The van der Waals surface area contributed by atoms with Crippen LogP contribution in [0.25, 0.3) is 0 Å². The molecule has 116 valence electrons. The zero-order chi connectivity index (χ0) is 14.3. The van der Waals surface area contributed by atoms with E-state index in [0.29, 0.717) is 24.4 Å². The Bertz CT molecular complexity index is 422. The van der Waals surface area contributed by atoms with Gasteiger partial charge in [0.2, 0.25) is 5.76 Å². The van der Waals surface area contributed by atoms with Gasteiger partial charge in [0.05, 0.1) is 0 Å². The standard InChI is InChI=1S/C17H25NO3/c19-16(15-11-20-3-4-21-15)18-2-1-17-8-12-5-13(9-17)7-14(6-12)10-17/h11-14H,1-10H2,(H,18,19). The highest BCUT2D eigenvalue weighted by Gasteiger charge is 2.50. The van der Waals surface area contributed by atoms with Crippen LogP contribution in [0.1, 0.15) is 44.9 Å². The minimum absolute atomic E-state index is 0.126. The van der Waals surface area contributed by atoms with Gasteiger partial charge in [-0.25, -0.2) is 0 Å². The molecule has 0 spiro atoms. The molecule has 1 heterocycles. The van der Waals surface area contributed by atoms with Crippen LogP contribution in [0.2, 0.25) is 0 Å². The first-order valence-electron chi connectivity index (χ1n) is 8.45. The molecule has 0 aromatic rings. The van der Waals surface area contributed by atoms with Crippen molar-refractivity contribution in [2.75, 3.05) is 19.8 Å². The molecule has 4 bridgehead atoms. The Labute approximate surface area is 126 Å². The predicted octanol–water partition coefficient (Wildman–Crippen LogP) is 2.60. The molecule has 5 rings (SSSR count). The molecule has 0 aromatic carbocycles. The van der Waals surface area contributed by atoms with Gasteiger partial charge in [-0.15, -0.1) is 0 Å². The van der Waals surface area contributed by atoms with Gasteiger partial charge in [-0.1, -0.05) is 0 Å². The Morgan fingerprint density at radius 3 is 2.38 bits per heavy atom. The second kappa shape index (κ2) is 5.22. The van der Waals surface area contributed by atoms with Crippen LogP contribution in [0, 0.1) is 23.2 Å². The minimum Gasteiger partial charge on any atom is -0.494 e. The minimum atomic E-state index is -0.126. The number of nitrogens with one attached hydrogen (secondary N) is 1. The molecule has 4 saturated carbocycles. The highest BCUT2D eigenvalue weighted by Crippen LogP contribution is 2.61. The number of hydrogen-bond donors (Lipinski definition) is 1. The fourth-order valence-electron chi connectivity index (χ4n) is 5.61. The maximum Gasteiger partial charge on any atom is 0.289 e. The number of carbonyl (C=O) groups excluding carboxylic acids is 1. The quantitative estimate of drug-likeness (QED) is 0.866. The normalized spacial score (nSPS) is 40.2. The Morgan fingerprint density at radius 1 is 1.14 bits per heavy atom. The summed E-state index contributed by atoms with van der Waals surface area (Å²) in [5, 5.41) is 3.02. The fourth-order valence-corrected chi connectivity index (χ4v) is 5.61. The van der Waals surface area contributed by atoms with Crippen molar-refractivity contribution in [3.8, 4) is 0 Å². The van der Waals surface area contributed by atoms with E-state index in [1.54, 1.807) is 0 Å². The van der Waals surface area contributed by atoms with E-state index in [4.69, 9.17) is 9.47 Å². The van der Waals surface area contributed by atoms with E-state index < -0.39 is 0 Å². The van der Waals surface area contributed by atoms with Crippen molar-refractivity contribution in [1.29, 1.82) is 0 Å². The molecule has 0 saturated heterocycles. The first-order valence-corrected chi connectivity index (χ1v) is 8.45. The lowest BCUT2D eigenvalue weighted by molar-refractivity contribution is -0.122. The average Bonchev–Trinajstić information content (AvgIpc) is 2.46. The topological polar surface area (TPSA) is 47.6 Å². The zero-order valence-corrected chi connectivity index (χ0v) is 12.6. The highest BCUT2D eigenvalue weighted by molar-refractivity contribution is 5.91. The summed E-state index contributed by atoms with van der Waals surface area (Å²) in [6.07, 6.45) is 11.2. The first kappa shape index (κ1) is 13.5. The molecule has 0 radical (unpaired) electrons. The smallest absolute Gasteiger partial charge is 0.289 e. The van der Waals surface area contributed by atoms with Gasteiger partial charge in [0.25, 0.3) is 5.91 Å². The molecule has 1 N–H and O–H groups in total. The second-order valence-electron chi connectivity index (χ2n) is 7.62. The van der Waals surface area contributed by atoms with Crippen LogP contribution in [-0.2, 0) is 14.3 Å². The first-order chi connectivity index (χ1) is 10.2. The van der Waals surface area contributed by atoms with Gasteiger partial charge in [-0.2, -0.15) is 0 Å². The van der Waals surface area contributed by atoms with Gasteiger partial charge in [-0.05, 0) is 68.1 Å².